The van der Waals surface area contributed by atoms with E-state index in [0.717, 1.165) is 0 Å². The summed E-state index contributed by atoms with van der Waals surface area (Å²) in [7, 11) is 0. The van der Waals surface area contributed by atoms with E-state index in [1.807, 2.05) is 24.3 Å². The molecule has 0 spiro atoms. The van der Waals surface area contributed by atoms with Crippen molar-refractivity contribution < 1.29 is 19.1 Å². The van der Waals surface area contributed by atoms with Gasteiger partial charge in [-0.2, -0.15) is 4.99 Å². The van der Waals surface area contributed by atoms with Crippen LogP contribution in [0.5, 0.6) is 5.75 Å². The van der Waals surface area contributed by atoms with Crippen LogP contribution in [-0.2, 0) is 9.59 Å². The number of aliphatic imine (C=N–C) groups is 1. The van der Waals surface area contributed by atoms with Crippen LogP contribution in [0.1, 0.15) is 38.2 Å². The number of imide groups is 1. The number of benzene rings is 1. The van der Waals surface area contributed by atoms with E-state index < -0.39 is 11.9 Å². The van der Waals surface area contributed by atoms with E-state index in [1.165, 1.54) is 10.5 Å². The molecule has 1 saturated heterocycles. The van der Waals surface area contributed by atoms with Gasteiger partial charge < -0.3 is 9.64 Å². The largest absolute Gasteiger partial charge is 0.484 e. The summed E-state index contributed by atoms with van der Waals surface area (Å²) in [5.74, 6) is 0.300. The van der Waals surface area contributed by atoms with Crippen molar-refractivity contribution in [1.82, 2.24) is 9.80 Å². The highest BCUT2D eigenvalue weighted by atomic mass is 16.5. The Morgan fingerprint density at radius 3 is 2.52 bits per heavy atom. The number of hydrogen-bond acceptors (Lipinski definition) is 4. The lowest BCUT2D eigenvalue weighted by molar-refractivity contribution is -0.136. The number of piperidine rings is 1. The molecule has 1 aliphatic carbocycles. The number of rotatable bonds is 5. The Morgan fingerprint density at radius 2 is 1.84 bits per heavy atom. The molecule has 4 rings (SSSR count). The van der Waals surface area contributed by atoms with Gasteiger partial charge in [-0.25, -0.2) is 4.79 Å². The van der Waals surface area contributed by atoms with Crippen LogP contribution < -0.4 is 4.74 Å². The molecule has 4 amide bonds. The maximum absolute atomic E-state index is 12.8. The predicted octanol–water partition coefficient (Wildman–Crippen LogP) is 3.33. The van der Waals surface area contributed by atoms with Crippen molar-refractivity contribution in [3.05, 3.63) is 54.1 Å². The van der Waals surface area contributed by atoms with Crippen molar-refractivity contribution in [1.29, 1.82) is 0 Å². The summed E-state index contributed by atoms with van der Waals surface area (Å²) in [5, 5.41) is 0. The van der Waals surface area contributed by atoms with Crippen LogP contribution in [0, 0.1) is 5.92 Å². The average Bonchev–Trinajstić information content (AvgIpc) is 2.78. The average molecular weight is 421 g/mol. The van der Waals surface area contributed by atoms with E-state index in [2.05, 4.69) is 18.8 Å². The zero-order valence-electron chi connectivity index (χ0n) is 17.9. The Labute approximate surface area is 182 Å². The number of hydrogen-bond donors (Lipinski definition) is 0. The topological polar surface area (TPSA) is 79.3 Å². The second-order valence-corrected chi connectivity index (χ2v) is 8.37. The lowest BCUT2D eigenvalue weighted by Crippen LogP contribution is -2.55. The van der Waals surface area contributed by atoms with Gasteiger partial charge in [0.1, 0.15) is 5.75 Å². The number of allylic oxidation sites excluding steroid dienone is 3. The molecule has 2 heterocycles. The van der Waals surface area contributed by atoms with Crippen molar-refractivity contribution >= 4 is 23.6 Å². The first-order chi connectivity index (χ1) is 14.9. The number of ether oxygens (including phenoxy) is 1. The second kappa shape index (κ2) is 8.88. The first kappa shape index (κ1) is 21.0. The highest BCUT2D eigenvalue weighted by Gasteiger charge is 2.40. The van der Waals surface area contributed by atoms with E-state index >= 15 is 0 Å². The molecule has 31 heavy (non-hydrogen) atoms. The van der Waals surface area contributed by atoms with E-state index in [0.29, 0.717) is 43.3 Å². The van der Waals surface area contributed by atoms with Gasteiger partial charge >= 0.3 is 6.03 Å². The zero-order valence-corrected chi connectivity index (χ0v) is 17.9. The zero-order chi connectivity index (χ0) is 22.0. The van der Waals surface area contributed by atoms with Crippen molar-refractivity contribution in [2.75, 3.05) is 19.7 Å². The molecule has 7 nitrogen and oxygen atoms in total. The van der Waals surface area contributed by atoms with E-state index in [9.17, 15) is 14.4 Å². The molecular formula is C24H27N3O4. The fourth-order valence-corrected chi connectivity index (χ4v) is 4.15. The molecule has 1 aromatic rings. The molecule has 0 radical (unpaired) electrons. The van der Waals surface area contributed by atoms with Crippen LogP contribution in [0.4, 0.5) is 4.79 Å². The van der Waals surface area contributed by atoms with Crippen LogP contribution in [0.15, 0.2) is 53.6 Å². The normalized spacial score (nSPS) is 21.4. The smallest absolute Gasteiger partial charge is 0.350 e. The standard InChI is InChI=1S/C24H27N3O4/c1-16(2)17-7-9-19(10-8-17)31-15-22(28)26-13-11-18(12-14-26)27-23(29)20-5-3-4-6-21(20)25-24(27)30/h3-10,16,18,20H,11-15H2,1-2H3. The van der Waals surface area contributed by atoms with Crippen LogP contribution in [0.25, 0.3) is 0 Å². The lowest BCUT2D eigenvalue weighted by Gasteiger charge is -2.39. The number of amides is 4. The highest BCUT2D eigenvalue weighted by Crippen LogP contribution is 2.26. The molecule has 0 saturated carbocycles. The monoisotopic (exact) mass is 421 g/mol. The Morgan fingerprint density at radius 1 is 1.13 bits per heavy atom. The number of fused-ring (bicyclic) bond motifs is 1. The number of carbonyl (C=O) groups is 3. The van der Waals surface area contributed by atoms with Gasteiger partial charge in [0.05, 0.1) is 11.6 Å². The predicted molar refractivity (Wildman–Crippen MR) is 117 cm³/mol. The second-order valence-electron chi connectivity index (χ2n) is 8.37. The summed E-state index contributed by atoms with van der Waals surface area (Å²) in [6.45, 7) is 5.19. The van der Waals surface area contributed by atoms with Gasteiger partial charge in [0.2, 0.25) is 5.91 Å². The minimum atomic E-state index is -0.505. The Hall–Kier alpha value is -3.22. The molecule has 2 aliphatic heterocycles. The summed E-state index contributed by atoms with van der Waals surface area (Å²) >= 11 is 0. The summed E-state index contributed by atoms with van der Waals surface area (Å²) in [6, 6.07) is 7.03. The van der Waals surface area contributed by atoms with Gasteiger partial charge in [0, 0.05) is 19.1 Å². The fraction of sp³-hybridized carbons (Fsp3) is 0.417. The molecular weight excluding hydrogens is 394 g/mol. The quantitative estimate of drug-likeness (QED) is 0.731. The number of carbonyl (C=O) groups excluding carboxylic acids is 3. The molecule has 7 heteroatoms. The Kier molecular flexibility index (Phi) is 6.02. The van der Waals surface area contributed by atoms with Crippen molar-refractivity contribution in [2.45, 2.75) is 38.6 Å². The van der Waals surface area contributed by atoms with E-state index in [4.69, 9.17) is 4.74 Å². The van der Waals surface area contributed by atoms with Gasteiger partial charge in [-0.15, -0.1) is 0 Å². The van der Waals surface area contributed by atoms with Crippen LogP contribution in [-0.4, -0.2) is 59.1 Å². The maximum atomic E-state index is 12.8. The minimum Gasteiger partial charge on any atom is -0.484 e. The fourth-order valence-electron chi connectivity index (χ4n) is 4.15. The van der Waals surface area contributed by atoms with E-state index in [-0.39, 0.29) is 24.5 Å². The molecule has 0 N–H and O–H groups in total. The van der Waals surface area contributed by atoms with Crippen molar-refractivity contribution in [2.24, 2.45) is 10.9 Å². The minimum absolute atomic E-state index is 0.0277. The molecule has 162 valence electrons. The van der Waals surface area contributed by atoms with Gasteiger partial charge in [0.25, 0.3) is 5.91 Å². The van der Waals surface area contributed by atoms with Crippen LogP contribution in [0.2, 0.25) is 0 Å². The first-order valence-electron chi connectivity index (χ1n) is 10.7. The highest BCUT2D eigenvalue weighted by molar-refractivity contribution is 6.21. The summed E-state index contributed by atoms with van der Waals surface area (Å²) in [6.07, 6.45) is 8.14. The molecule has 1 fully saturated rings. The molecule has 0 aromatic heterocycles. The first-order valence-corrected chi connectivity index (χ1v) is 10.7. The van der Waals surface area contributed by atoms with Gasteiger partial charge in [0.15, 0.2) is 6.61 Å². The van der Waals surface area contributed by atoms with Gasteiger partial charge in [-0.1, -0.05) is 44.2 Å². The molecule has 3 aliphatic rings. The third kappa shape index (κ3) is 4.45. The van der Waals surface area contributed by atoms with Crippen molar-refractivity contribution in [3.63, 3.8) is 0 Å². The summed E-state index contributed by atoms with van der Waals surface area (Å²) in [5.41, 5.74) is 1.72. The lowest BCUT2D eigenvalue weighted by atomic mass is 9.93. The number of likely N-dealkylation sites (tertiary alicyclic amines) is 1. The Balaban J connectivity index is 1.30. The SMILES string of the molecule is CC(C)c1ccc(OCC(=O)N2CCC(N3C(=O)N=C4C=CC=CC4C3=O)CC2)cc1. The van der Waals surface area contributed by atoms with Crippen LogP contribution >= 0.6 is 0 Å². The van der Waals surface area contributed by atoms with Gasteiger partial charge in [-0.05, 0) is 42.5 Å². The Bertz CT molecular complexity index is 954. The molecule has 1 aromatic carbocycles. The third-order valence-electron chi connectivity index (χ3n) is 6.03. The van der Waals surface area contributed by atoms with Crippen molar-refractivity contribution in [3.8, 4) is 5.75 Å². The summed E-state index contributed by atoms with van der Waals surface area (Å²) in [4.78, 5) is 45.0. The van der Waals surface area contributed by atoms with Crippen LogP contribution in [0.3, 0.4) is 0 Å². The maximum Gasteiger partial charge on any atom is 0.350 e. The van der Waals surface area contributed by atoms with E-state index in [1.54, 1.807) is 29.2 Å². The number of urea groups is 1. The molecule has 1 atom stereocenters. The molecule has 1 unspecified atom stereocenters. The number of nitrogens with zero attached hydrogens (tertiary/aromatic N) is 3. The third-order valence-corrected chi connectivity index (χ3v) is 6.03. The molecule has 0 bridgehead atoms. The van der Waals surface area contributed by atoms with Gasteiger partial charge in [-0.3, -0.25) is 14.5 Å². The summed E-state index contributed by atoms with van der Waals surface area (Å²) < 4.78 is 5.65.